The van der Waals surface area contributed by atoms with Gasteiger partial charge in [-0.1, -0.05) is 34.8 Å². The lowest BCUT2D eigenvalue weighted by atomic mass is 10.1. The van der Waals surface area contributed by atoms with Gasteiger partial charge in [-0.05, 0) is 69.2 Å². The molecule has 0 bridgehead atoms. The minimum absolute atomic E-state index is 0.00683. The first kappa shape index (κ1) is 24.2. The fourth-order valence-corrected chi connectivity index (χ4v) is 5.40. The highest BCUT2D eigenvalue weighted by molar-refractivity contribution is 7.92. The molecule has 0 aromatic heterocycles. The molecule has 0 aliphatic carbocycles. The summed E-state index contributed by atoms with van der Waals surface area (Å²) in [6.45, 7) is 2.98. The van der Waals surface area contributed by atoms with Crippen LogP contribution in [0.3, 0.4) is 0 Å². The molecule has 0 spiro atoms. The Labute approximate surface area is 186 Å². The molecular formula is C18H20Cl3NO5S2. The van der Waals surface area contributed by atoms with Crippen LogP contribution in [0.25, 0.3) is 0 Å². The molecule has 2 atom stereocenters. The van der Waals surface area contributed by atoms with Gasteiger partial charge in [-0.2, -0.15) is 8.42 Å². The average molecular weight is 501 g/mol. The first-order valence-electron chi connectivity index (χ1n) is 8.55. The van der Waals surface area contributed by atoms with Crippen LogP contribution in [0.4, 0.5) is 5.69 Å². The Balaban J connectivity index is 2.51. The van der Waals surface area contributed by atoms with E-state index in [-0.39, 0.29) is 28.4 Å². The first-order chi connectivity index (χ1) is 13.3. The molecule has 0 fully saturated rings. The highest BCUT2D eigenvalue weighted by atomic mass is 35.5. The normalized spacial score (nSPS) is 14.4. The molecule has 0 aliphatic heterocycles. The van der Waals surface area contributed by atoms with E-state index in [0.29, 0.717) is 10.0 Å². The lowest BCUT2D eigenvalue weighted by molar-refractivity contribution is 0.461. The zero-order valence-electron chi connectivity index (χ0n) is 15.6. The standard InChI is InChI=1S/C18H20Cl3NO5S2/c1-12(3-4-13(2)29(25,26)27)22(18-11-15(20)7-10-17(18)21)28(23,24)16-8-5-14(19)6-9-16/h5-13H,3-4H2,1-2H3,(H,25,26,27)/t12-,13?/m1/s1. The van der Waals surface area contributed by atoms with Crippen LogP contribution >= 0.6 is 34.8 Å². The monoisotopic (exact) mass is 499 g/mol. The smallest absolute Gasteiger partial charge is 0.267 e. The van der Waals surface area contributed by atoms with Gasteiger partial charge in [0.1, 0.15) is 0 Å². The van der Waals surface area contributed by atoms with Crippen LogP contribution in [-0.4, -0.2) is 32.7 Å². The van der Waals surface area contributed by atoms with Crippen molar-refractivity contribution in [2.45, 2.75) is 42.9 Å². The highest BCUT2D eigenvalue weighted by Gasteiger charge is 2.32. The molecule has 160 valence electrons. The fourth-order valence-electron chi connectivity index (χ4n) is 2.72. The molecule has 6 nitrogen and oxygen atoms in total. The zero-order valence-corrected chi connectivity index (χ0v) is 19.5. The van der Waals surface area contributed by atoms with Gasteiger partial charge in [0, 0.05) is 16.1 Å². The number of hydrogen-bond acceptors (Lipinski definition) is 4. The van der Waals surface area contributed by atoms with Crippen molar-refractivity contribution in [3.63, 3.8) is 0 Å². The van der Waals surface area contributed by atoms with Crippen molar-refractivity contribution in [3.8, 4) is 0 Å². The van der Waals surface area contributed by atoms with Gasteiger partial charge in [0.2, 0.25) is 0 Å². The number of anilines is 1. The molecule has 0 aliphatic rings. The van der Waals surface area contributed by atoms with Crippen LogP contribution < -0.4 is 4.31 Å². The van der Waals surface area contributed by atoms with E-state index in [1.54, 1.807) is 6.92 Å². The van der Waals surface area contributed by atoms with Gasteiger partial charge in [0.15, 0.2) is 0 Å². The molecule has 11 heteroatoms. The highest BCUT2D eigenvalue weighted by Crippen LogP contribution is 2.35. The van der Waals surface area contributed by atoms with Gasteiger partial charge in [-0.25, -0.2) is 8.42 Å². The Morgan fingerprint density at radius 3 is 2.00 bits per heavy atom. The number of halogens is 3. The largest absolute Gasteiger partial charge is 0.285 e. The van der Waals surface area contributed by atoms with E-state index < -0.39 is 31.4 Å². The fraction of sp³-hybridized carbons (Fsp3) is 0.333. The van der Waals surface area contributed by atoms with Gasteiger partial charge in [0.25, 0.3) is 20.1 Å². The van der Waals surface area contributed by atoms with Crippen LogP contribution in [0.2, 0.25) is 15.1 Å². The van der Waals surface area contributed by atoms with E-state index in [4.69, 9.17) is 34.8 Å². The second kappa shape index (κ2) is 9.41. The molecule has 0 amide bonds. The molecule has 1 unspecified atom stereocenters. The molecule has 2 aromatic carbocycles. The lowest BCUT2D eigenvalue weighted by Gasteiger charge is -2.32. The van der Waals surface area contributed by atoms with E-state index >= 15 is 0 Å². The maximum absolute atomic E-state index is 13.4. The minimum atomic E-state index is -4.23. The van der Waals surface area contributed by atoms with Crippen LogP contribution in [-0.2, 0) is 20.1 Å². The zero-order chi connectivity index (χ0) is 22.0. The van der Waals surface area contributed by atoms with Gasteiger partial charge in [-0.3, -0.25) is 8.86 Å². The molecule has 2 rings (SSSR count). The molecule has 0 heterocycles. The number of rotatable bonds is 8. The van der Waals surface area contributed by atoms with Crippen LogP contribution in [0.5, 0.6) is 0 Å². The summed E-state index contributed by atoms with van der Waals surface area (Å²) in [4.78, 5) is -0.00683. The van der Waals surface area contributed by atoms with E-state index in [1.165, 1.54) is 49.4 Å². The van der Waals surface area contributed by atoms with Crippen molar-refractivity contribution in [2.24, 2.45) is 0 Å². The number of sulfonamides is 1. The molecule has 29 heavy (non-hydrogen) atoms. The molecule has 1 N–H and O–H groups in total. The summed E-state index contributed by atoms with van der Waals surface area (Å²) >= 11 is 18.2. The van der Waals surface area contributed by atoms with E-state index in [9.17, 15) is 21.4 Å². The Bertz CT molecular complexity index is 1070. The van der Waals surface area contributed by atoms with Gasteiger partial charge >= 0.3 is 0 Å². The van der Waals surface area contributed by atoms with Crippen LogP contribution in [0.15, 0.2) is 47.4 Å². The average Bonchev–Trinajstić information content (AvgIpc) is 2.62. The third-order valence-corrected chi connectivity index (χ3v) is 8.42. The maximum atomic E-state index is 13.4. The van der Waals surface area contributed by atoms with Crippen molar-refractivity contribution in [2.75, 3.05) is 4.31 Å². The Morgan fingerprint density at radius 1 is 0.897 bits per heavy atom. The third kappa shape index (κ3) is 5.99. The predicted molar refractivity (Wildman–Crippen MR) is 117 cm³/mol. The van der Waals surface area contributed by atoms with Crippen molar-refractivity contribution in [1.82, 2.24) is 0 Å². The van der Waals surface area contributed by atoms with Gasteiger partial charge < -0.3 is 0 Å². The summed E-state index contributed by atoms with van der Waals surface area (Å²) in [7, 11) is -8.30. The quantitative estimate of drug-likeness (QED) is 0.497. The van der Waals surface area contributed by atoms with Crippen LogP contribution in [0, 0.1) is 0 Å². The summed E-state index contributed by atoms with van der Waals surface area (Å²) in [6, 6.07) is 9.42. The number of nitrogens with zero attached hydrogens (tertiary/aromatic N) is 1. The SMILES string of the molecule is CC(CC[C@@H](C)N(c1cc(Cl)ccc1Cl)S(=O)(=O)c1ccc(Cl)cc1)S(=O)(=O)O. The summed E-state index contributed by atoms with van der Waals surface area (Å²) in [5, 5.41) is -0.202. The maximum Gasteiger partial charge on any atom is 0.267 e. The van der Waals surface area contributed by atoms with Crippen LogP contribution in [0.1, 0.15) is 26.7 Å². The predicted octanol–water partition coefficient (Wildman–Crippen LogP) is 5.29. The molecule has 0 saturated heterocycles. The Kier molecular flexibility index (Phi) is 7.86. The van der Waals surface area contributed by atoms with Crippen molar-refractivity contribution in [3.05, 3.63) is 57.5 Å². The number of hydrogen-bond donors (Lipinski definition) is 1. The minimum Gasteiger partial charge on any atom is -0.285 e. The van der Waals surface area contributed by atoms with E-state index in [1.807, 2.05) is 0 Å². The topological polar surface area (TPSA) is 91.8 Å². The summed E-state index contributed by atoms with van der Waals surface area (Å²) in [6.07, 6.45) is 0.196. The van der Waals surface area contributed by atoms with Gasteiger partial charge in [-0.15, -0.1) is 0 Å². The summed E-state index contributed by atoms with van der Waals surface area (Å²) in [5.74, 6) is 0. The van der Waals surface area contributed by atoms with Crippen molar-refractivity contribution in [1.29, 1.82) is 0 Å². The van der Waals surface area contributed by atoms with Gasteiger partial charge in [0.05, 0.1) is 20.9 Å². The number of benzene rings is 2. The van der Waals surface area contributed by atoms with Crippen molar-refractivity contribution < 1.29 is 21.4 Å². The molecule has 2 aromatic rings. The summed E-state index contributed by atoms with van der Waals surface area (Å²) < 4.78 is 59.7. The second-order valence-corrected chi connectivity index (χ2v) is 11.5. The Hall–Kier alpha value is -1.03. The Morgan fingerprint density at radius 2 is 1.45 bits per heavy atom. The molecule has 0 saturated carbocycles. The lowest BCUT2D eigenvalue weighted by Crippen LogP contribution is -2.39. The molecule has 0 radical (unpaired) electrons. The van der Waals surface area contributed by atoms with E-state index in [0.717, 1.165) is 4.31 Å². The second-order valence-electron chi connectivity index (χ2n) is 6.60. The van der Waals surface area contributed by atoms with Crippen molar-refractivity contribution >= 4 is 60.6 Å². The van der Waals surface area contributed by atoms with E-state index in [2.05, 4.69) is 0 Å². The first-order valence-corrected chi connectivity index (χ1v) is 12.6. The molecular weight excluding hydrogens is 481 g/mol. The third-order valence-electron chi connectivity index (χ3n) is 4.42. The summed E-state index contributed by atoms with van der Waals surface area (Å²) in [5.41, 5.74) is 0.168.